The number of rotatable bonds is 3. The number of fused-ring (bicyclic) bond motifs is 2. The van der Waals surface area contributed by atoms with Crippen LogP contribution in [0.4, 0.5) is 5.69 Å². The molecular weight excluding hydrogens is 482 g/mol. The molecule has 2 aliphatic heterocycles. The molecule has 0 atom stereocenters. The highest BCUT2D eigenvalue weighted by Crippen LogP contribution is 2.31. The first-order chi connectivity index (χ1) is 13.7. The summed E-state index contributed by atoms with van der Waals surface area (Å²) in [7, 11) is 0. The average Bonchev–Trinajstić information content (AvgIpc) is 2.94. The van der Waals surface area contributed by atoms with Gasteiger partial charge in [-0.3, -0.25) is 9.69 Å². The highest BCUT2D eigenvalue weighted by Gasteiger charge is 2.32. The number of hydrogen-bond acceptors (Lipinski definition) is 4. The molecule has 0 aliphatic carbocycles. The van der Waals surface area contributed by atoms with E-state index in [1.54, 1.807) is 13.8 Å². The van der Waals surface area contributed by atoms with Crippen LogP contribution < -0.4 is 0 Å². The van der Waals surface area contributed by atoms with Crippen LogP contribution in [0.5, 0.6) is 0 Å². The van der Waals surface area contributed by atoms with Crippen molar-refractivity contribution >= 4 is 65.5 Å². The number of aromatic nitrogens is 1. The van der Waals surface area contributed by atoms with E-state index in [9.17, 15) is 9.90 Å². The van der Waals surface area contributed by atoms with E-state index in [1.807, 2.05) is 30.5 Å². The molecule has 1 saturated heterocycles. The molecule has 31 heavy (non-hydrogen) atoms. The van der Waals surface area contributed by atoms with Crippen molar-refractivity contribution in [2.45, 2.75) is 20.4 Å². The molecule has 1 aromatic heterocycles. The summed E-state index contributed by atoms with van der Waals surface area (Å²) in [4.78, 5) is 20.9. The average molecular weight is 508 g/mol. The van der Waals surface area contributed by atoms with Gasteiger partial charge in [0.05, 0.1) is 21.8 Å². The van der Waals surface area contributed by atoms with Crippen molar-refractivity contribution in [2.75, 3.05) is 32.7 Å². The van der Waals surface area contributed by atoms with Crippen LogP contribution in [0.25, 0.3) is 0 Å². The largest absolute Gasteiger partial charge is 0.481 e. The molecule has 4 rings (SSSR count). The van der Waals surface area contributed by atoms with Gasteiger partial charge in [0.1, 0.15) is 0 Å². The monoisotopic (exact) mass is 506 g/mol. The molecule has 0 saturated carbocycles. The van der Waals surface area contributed by atoms with Crippen molar-refractivity contribution in [3.05, 3.63) is 51.8 Å². The molecule has 0 spiro atoms. The van der Waals surface area contributed by atoms with Crippen molar-refractivity contribution in [3.63, 3.8) is 0 Å². The smallest absolute Gasteiger partial charge is 0.310 e. The van der Waals surface area contributed by atoms with Gasteiger partial charge in [-0.1, -0.05) is 23.2 Å². The highest BCUT2D eigenvalue weighted by atomic mass is 35.5. The second kappa shape index (κ2) is 10.0. The minimum atomic E-state index is -0.768. The Hall–Kier alpha value is -1.44. The zero-order valence-electron chi connectivity index (χ0n) is 17.3. The SMILES string of the molecule is CC(C)(CN1CCN(C2=Nc3ccc(Cl)cc3Cn3cc(Cl)cc32)CC1)C(=O)O.Cl.Cl. The number of carbonyl (C=O) groups is 1. The van der Waals surface area contributed by atoms with Crippen LogP contribution in [0.2, 0.25) is 10.0 Å². The van der Waals surface area contributed by atoms with Crippen LogP contribution in [-0.2, 0) is 11.3 Å². The summed E-state index contributed by atoms with van der Waals surface area (Å²) < 4.78 is 2.11. The maximum Gasteiger partial charge on any atom is 0.310 e. The Kier molecular flexibility index (Phi) is 8.33. The summed E-state index contributed by atoms with van der Waals surface area (Å²) in [6.45, 7) is 7.88. The molecule has 1 N–H and O–H groups in total. The highest BCUT2D eigenvalue weighted by molar-refractivity contribution is 6.31. The number of carboxylic acids is 1. The van der Waals surface area contributed by atoms with Gasteiger partial charge in [0, 0.05) is 50.5 Å². The van der Waals surface area contributed by atoms with Crippen molar-refractivity contribution in [3.8, 4) is 0 Å². The second-order valence-corrected chi connectivity index (χ2v) is 9.21. The van der Waals surface area contributed by atoms with E-state index >= 15 is 0 Å². The zero-order valence-corrected chi connectivity index (χ0v) is 20.5. The predicted octanol–water partition coefficient (Wildman–Crippen LogP) is 4.81. The number of piperazine rings is 1. The number of carboxylic acid groups (broad SMARTS) is 1. The third kappa shape index (κ3) is 5.49. The third-order valence-electron chi connectivity index (χ3n) is 5.57. The van der Waals surface area contributed by atoms with Gasteiger partial charge in [0.15, 0.2) is 5.84 Å². The molecule has 10 heteroatoms. The van der Waals surface area contributed by atoms with Gasteiger partial charge in [-0.05, 0) is 43.7 Å². The summed E-state index contributed by atoms with van der Waals surface area (Å²) in [6, 6.07) is 7.72. The molecule has 170 valence electrons. The van der Waals surface area contributed by atoms with E-state index in [2.05, 4.69) is 14.4 Å². The maximum atomic E-state index is 11.4. The van der Waals surface area contributed by atoms with Crippen LogP contribution in [0.3, 0.4) is 0 Å². The third-order valence-corrected chi connectivity index (χ3v) is 6.01. The quantitative estimate of drug-likeness (QED) is 0.647. The van der Waals surface area contributed by atoms with Crippen LogP contribution in [0, 0.1) is 5.41 Å². The number of halogens is 4. The fourth-order valence-electron chi connectivity index (χ4n) is 3.91. The first-order valence-electron chi connectivity index (χ1n) is 9.67. The number of amidine groups is 1. The molecule has 6 nitrogen and oxygen atoms in total. The minimum Gasteiger partial charge on any atom is -0.481 e. The van der Waals surface area contributed by atoms with E-state index in [4.69, 9.17) is 28.2 Å². The number of aliphatic imine (C=N–C) groups is 1. The fraction of sp³-hybridized carbons (Fsp3) is 0.429. The van der Waals surface area contributed by atoms with Gasteiger partial charge in [0.25, 0.3) is 0 Å². The summed E-state index contributed by atoms with van der Waals surface area (Å²) in [5.74, 6) is 0.130. The lowest BCUT2D eigenvalue weighted by Crippen LogP contribution is -2.52. The van der Waals surface area contributed by atoms with E-state index < -0.39 is 11.4 Å². The van der Waals surface area contributed by atoms with Crippen LogP contribution in [0.15, 0.2) is 35.5 Å². The maximum absolute atomic E-state index is 11.4. The lowest BCUT2D eigenvalue weighted by atomic mass is 9.93. The Morgan fingerprint density at radius 3 is 2.42 bits per heavy atom. The molecule has 0 radical (unpaired) electrons. The van der Waals surface area contributed by atoms with Gasteiger partial charge in [0.2, 0.25) is 0 Å². The molecule has 0 bridgehead atoms. The number of nitrogens with zero attached hydrogens (tertiary/aromatic N) is 4. The number of benzene rings is 1. The normalized spacial score (nSPS) is 16.3. The van der Waals surface area contributed by atoms with Crippen molar-refractivity contribution in [2.24, 2.45) is 10.4 Å². The molecule has 2 aliphatic rings. The first-order valence-corrected chi connectivity index (χ1v) is 10.4. The van der Waals surface area contributed by atoms with E-state index in [1.165, 1.54) is 0 Å². The Balaban J connectivity index is 0.00000171. The summed E-state index contributed by atoms with van der Waals surface area (Å²) in [6.07, 6.45) is 1.92. The van der Waals surface area contributed by atoms with Crippen molar-refractivity contribution < 1.29 is 9.90 Å². The molecule has 0 amide bonds. The minimum absolute atomic E-state index is 0. The fourth-order valence-corrected chi connectivity index (χ4v) is 4.33. The topological polar surface area (TPSA) is 61.1 Å². The molecule has 3 heterocycles. The van der Waals surface area contributed by atoms with E-state index in [-0.39, 0.29) is 24.8 Å². The summed E-state index contributed by atoms with van der Waals surface area (Å²) in [5.41, 5.74) is 2.20. The molecule has 1 fully saturated rings. The lowest BCUT2D eigenvalue weighted by Gasteiger charge is -2.38. The zero-order chi connectivity index (χ0) is 20.8. The van der Waals surface area contributed by atoms with Crippen molar-refractivity contribution in [1.29, 1.82) is 0 Å². The summed E-state index contributed by atoms with van der Waals surface area (Å²) in [5, 5.41) is 10.8. The molecule has 1 aromatic carbocycles. The van der Waals surface area contributed by atoms with Crippen LogP contribution in [-0.4, -0.2) is 64.0 Å². The molecule has 2 aromatic rings. The van der Waals surface area contributed by atoms with Crippen LogP contribution >= 0.6 is 48.0 Å². The Morgan fingerprint density at radius 1 is 1.10 bits per heavy atom. The van der Waals surface area contributed by atoms with Gasteiger partial charge < -0.3 is 14.6 Å². The second-order valence-electron chi connectivity index (χ2n) is 8.33. The van der Waals surface area contributed by atoms with E-state index in [0.29, 0.717) is 23.1 Å². The van der Waals surface area contributed by atoms with Crippen LogP contribution in [0.1, 0.15) is 25.1 Å². The Bertz CT molecular complexity index is 982. The number of hydrogen-bond donors (Lipinski definition) is 1. The van der Waals surface area contributed by atoms with Gasteiger partial charge in [-0.15, -0.1) is 24.8 Å². The Morgan fingerprint density at radius 2 is 1.77 bits per heavy atom. The standard InChI is InChI=1S/C21H24Cl2N4O2.2ClH/c1-21(2,20(28)29)13-25-5-7-26(8-6-25)19-18-10-16(23)12-27(18)11-14-9-15(22)3-4-17(14)24-19;;/h3-4,9-10,12H,5-8,11,13H2,1-2H3,(H,28,29);2*1H. The Labute approximate surface area is 204 Å². The first kappa shape index (κ1) is 25.8. The summed E-state index contributed by atoms with van der Waals surface area (Å²) >= 11 is 12.5. The lowest BCUT2D eigenvalue weighted by molar-refractivity contribution is -0.148. The van der Waals surface area contributed by atoms with Crippen molar-refractivity contribution in [1.82, 2.24) is 14.4 Å². The predicted molar refractivity (Wildman–Crippen MR) is 130 cm³/mol. The molecular formula is C21H26Cl4N4O2. The molecule has 0 unspecified atom stereocenters. The van der Waals surface area contributed by atoms with Gasteiger partial charge in [-0.25, -0.2) is 4.99 Å². The number of aliphatic carboxylic acids is 1. The van der Waals surface area contributed by atoms with E-state index in [0.717, 1.165) is 49.0 Å². The van der Waals surface area contributed by atoms with Gasteiger partial charge >= 0.3 is 5.97 Å². The van der Waals surface area contributed by atoms with Gasteiger partial charge in [-0.2, -0.15) is 0 Å².